The molecule has 2 heterocycles. The van der Waals surface area contributed by atoms with Gasteiger partial charge in [0.25, 0.3) is 0 Å². The smallest absolute Gasteiger partial charge is 0.232 e. The monoisotopic (exact) mass is 289 g/mol. The van der Waals surface area contributed by atoms with Gasteiger partial charge in [0.05, 0.1) is 5.52 Å². The van der Waals surface area contributed by atoms with E-state index < -0.39 is 0 Å². The summed E-state index contributed by atoms with van der Waals surface area (Å²) in [5.74, 6) is -0.0196. The SMILES string of the molecule is CN(C)c1ccc(C2=Nn3c(cc4ccccc43)C2=O)cc1. The molecule has 4 heteroatoms. The molecular weight excluding hydrogens is 274 g/mol. The van der Waals surface area contributed by atoms with E-state index in [4.69, 9.17) is 0 Å². The summed E-state index contributed by atoms with van der Waals surface area (Å²) in [5.41, 5.74) is 4.05. The Morgan fingerprint density at radius 1 is 1.00 bits per heavy atom. The van der Waals surface area contributed by atoms with Crippen LogP contribution < -0.4 is 4.90 Å². The minimum atomic E-state index is -0.0196. The summed E-state index contributed by atoms with van der Waals surface area (Å²) < 4.78 is 1.74. The van der Waals surface area contributed by atoms with Crippen LogP contribution in [0.2, 0.25) is 0 Å². The second-order valence-corrected chi connectivity index (χ2v) is 5.62. The fourth-order valence-electron chi connectivity index (χ4n) is 2.78. The number of nitrogens with zero attached hydrogens (tertiary/aromatic N) is 3. The molecular formula is C18H15N3O. The number of aromatic nitrogens is 1. The van der Waals surface area contributed by atoms with E-state index in [1.165, 1.54) is 0 Å². The van der Waals surface area contributed by atoms with E-state index in [1.807, 2.05) is 73.6 Å². The summed E-state index contributed by atoms with van der Waals surface area (Å²) in [6, 6.07) is 17.7. The lowest BCUT2D eigenvalue weighted by Gasteiger charge is -2.12. The molecule has 0 unspecified atom stereocenters. The Morgan fingerprint density at radius 3 is 2.45 bits per heavy atom. The second-order valence-electron chi connectivity index (χ2n) is 5.62. The van der Waals surface area contributed by atoms with Gasteiger partial charge in [0.2, 0.25) is 5.78 Å². The fraction of sp³-hybridized carbons (Fsp3) is 0.111. The number of carbonyl (C=O) groups excluding carboxylic acids is 1. The Kier molecular flexibility index (Phi) is 2.66. The topological polar surface area (TPSA) is 37.6 Å². The maximum Gasteiger partial charge on any atom is 0.232 e. The number of carbonyl (C=O) groups is 1. The number of fused-ring (bicyclic) bond motifs is 3. The summed E-state index contributed by atoms with van der Waals surface area (Å²) in [6.07, 6.45) is 0. The molecule has 1 aliphatic heterocycles. The quantitative estimate of drug-likeness (QED) is 0.726. The maximum atomic E-state index is 12.6. The van der Waals surface area contributed by atoms with Gasteiger partial charge in [-0.25, -0.2) is 4.68 Å². The normalized spacial score (nSPS) is 13.4. The lowest BCUT2D eigenvalue weighted by Crippen LogP contribution is -2.12. The highest BCUT2D eigenvalue weighted by atomic mass is 16.1. The van der Waals surface area contributed by atoms with Crippen molar-refractivity contribution in [3.05, 3.63) is 65.9 Å². The number of anilines is 1. The lowest BCUT2D eigenvalue weighted by atomic mass is 10.0. The molecule has 4 rings (SSSR count). The predicted molar refractivity (Wildman–Crippen MR) is 89.0 cm³/mol. The van der Waals surface area contributed by atoms with Crippen LogP contribution in [0.15, 0.2) is 59.7 Å². The van der Waals surface area contributed by atoms with Crippen molar-refractivity contribution in [1.82, 2.24) is 4.68 Å². The fourth-order valence-corrected chi connectivity index (χ4v) is 2.78. The number of Topliss-reactive ketones (excluding diaryl/α,β-unsaturated/α-hetero) is 1. The zero-order valence-corrected chi connectivity index (χ0v) is 12.4. The molecule has 0 saturated carbocycles. The molecule has 0 radical (unpaired) electrons. The van der Waals surface area contributed by atoms with E-state index in [-0.39, 0.29) is 5.78 Å². The van der Waals surface area contributed by atoms with Crippen LogP contribution in [0.4, 0.5) is 5.69 Å². The number of para-hydroxylation sites is 1. The molecule has 4 nitrogen and oxygen atoms in total. The Balaban J connectivity index is 1.81. The Labute approximate surface area is 128 Å². The molecule has 0 atom stereocenters. The highest BCUT2D eigenvalue weighted by Crippen LogP contribution is 2.26. The van der Waals surface area contributed by atoms with Gasteiger partial charge in [-0.05, 0) is 24.3 Å². The highest BCUT2D eigenvalue weighted by Gasteiger charge is 2.27. The predicted octanol–water partition coefficient (Wildman–Crippen LogP) is 3.16. The minimum absolute atomic E-state index is 0.0196. The van der Waals surface area contributed by atoms with E-state index in [2.05, 4.69) is 5.10 Å². The number of hydrogen-bond donors (Lipinski definition) is 0. The summed E-state index contributed by atoms with van der Waals surface area (Å²) in [6.45, 7) is 0. The van der Waals surface area contributed by atoms with E-state index >= 15 is 0 Å². The van der Waals surface area contributed by atoms with Gasteiger partial charge in [0.1, 0.15) is 11.4 Å². The van der Waals surface area contributed by atoms with Crippen LogP contribution in [-0.2, 0) is 0 Å². The minimum Gasteiger partial charge on any atom is -0.378 e. The Morgan fingerprint density at radius 2 is 1.73 bits per heavy atom. The molecule has 0 fully saturated rings. The molecule has 0 saturated heterocycles. The molecule has 2 aromatic carbocycles. The van der Waals surface area contributed by atoms with E-state index in [0.717, 1.165) is 22.2 Å². The first-order valence-electron chi connectivity index (χ1n) is 7.17. The van der Waals surface area contributed by atoms with Gasteiger partial charge >= 0.3 is 0 Å². The zero-order chi connectivity index (χ0) is 15.3. The standard InChI is InChI=1S/C18H15N3O/c1-20(2)14-9-7-12(8-10-14)17-18(22)16-11-13-5-3-4-6-15(13)21(16)19-17/h3-11H,1-2H3. The first-order valence-corrected chi connectivity index (χ1v) is 7.17. The molecule has 0 spiro atoms. The average Bonchev–Trinajstić information content (AvgIpc) is 3.05. The first-order chi connectivity index (χ1) is 10.6. The summed E-state index contributed by atoms with van der Waals surface area (Å²) in [5, 5.41) is 5.57. The van der Waals surface area contributed by atoms with Crippen LogP contribution in [0.1, 0.15) is 16.1 Å². The van der Waals surface area contributed by atoms with E-state index in [0.29, 0.717) is 11.4 Å². The summed E-state index contributed by atoms with van der Waals surface area (Å²) in [7, 11) is 3.98. The van der Waals surface area contributed by atoms with Crippen molar-refractivity contribution in [2.45, 2.75) is 0 Å². The highest BCUT2D eigenvalue weighted by molar-refractivity contribution is 6.52. The third kappa shape index (κ3) is 1.77. The van der Waals surface area contributed by atoms with Crippen LogP contribution in [0.3, 0.4) is 0 Å². The van der Waals surface area contributed by atoms with E-state index in [1.54, 1.807) is 4.68 Å². The first kappa shape index (κ1) is 12.8. The van der Waals surface area contributed by atoms with Crippen LogP contribution in [0.5, 0.6) is 0 Å². The number of hydrogen-bond acceptors (Lipinski definition) is 3. The van der Waals surface area contributed by atoms with Crippen molar-refractivity contribution in [3.8, 4) is 0 Å². The molecule has 108 valence electrons. The molecule has 0 amide bonds. The van der Waals surface area contributed by atoms with Crippen LogP contribution in [0.25, 0.3) is 10.9 Å². The van der Waals surface area contributed by atoms with Crippen molar-refractivity contribution in [1.29, 1.82) is 0 Å². The largest absolute Gasteiger partial charge is 0.378 e. The van der Waals surface area contributed by atoms with Crippen molar-refractivity contribution in [2.24, 2.45) is 5.10 Å². The molecule has 1 aliphatic rings. The molecule has 0 bridgehead atoms. The van der Waals surface area contributed by atoms with Gasteiger partial charge < -0.3 is 4.90 Å². The average molecular weight is 289 g/mol. The van der Waals surface area contributed by atoms with Gasteiger partial charge in [-0.3, -0.25) is 4.79 Å². The Hall–Kier alpha value is -2.88. The number of benzene rings is 2. The molecule has 22 heavy (non-hydrogen) atoms. The van der Waals surface area contributed by atoms with Crippen molar-refractivity contribution in [2.75, 3.05) is 19.0 Å². The van der Waals surface area contributed by atoms with Crippen LogP contribution in [0, 0.1) is 0 Å². The van der Waals surface area contributed by atoms with Gasteiger partial charge in [-0.2, -0.15) is 5.10 Å². The summed E-state index contributed by atoms with van der Waals surface area (Å²) in [4.78, 5) is 14.7. The van der Waals surface area contributed by atoms with Gasteiger partial charge in [0, 0.05) is 30.7 Å². The van der Waals surface area contributed by atoms with E-state index in [9.17, 15) is 4.79 Å². The van der Waals surface area contributed by atoms with Crippen molar-refractivity contribution < 1.29 is 4.79 Å². The van der Waals surface area contributed by atoms with Gasteiger partial charge in [-0.1, -0.05) is 30.3 Å². The number of ketones is 1. The third-order valence-corrected chi connectivity index (χ3v) is 3.99. The lowest BCUT2D eigenvalue weighted by molar-refractivity contribution is 0.106. The number of rotatable bonds is 2. The van der Waals surface area contributed by atoms with Gasteiger partial charge in [0.15, 0.2) is 0 Å². The molecule has 0 aliphatic carbocycles. The zero-order valence-electron chi connectivity index (χ0n) is 12.4. The van der Waals surface area contributed by atoms with Crippen molar-refractivity contribution >= 4 is 28.1 Å². The second kappa shape index (κ2) is 4.56. The molecule has 3 aromatic rings. The van der Waals surface area contributed by atoms with Crippen LogP contribution >= 0.6 is 0 Å². The Bertz CT molecular complexity index is 917. The van der Waals surface area contributed by atoms with Gasteiger partial charge in [-0.15, -0.1) is 0 Å². The van der Waals surface area contributed by atoms with Crippen molar-refractivity contribution in [3.63, 3.8) is 0 Å². The third-order valence-electron chi connectivity index (χ3n) is 3.99. The molecule has 1 aromatic heterocycles. The van der Waals surface area contributed by atoms with Crippen LogP contribution in [-0.4, -0.2) is 30.3 Å². The molecule has 0 N–H and O–H groups in total. The maximum absolute atomic E-state index is 12.6. The summed E-state index contributed by atoms with van der Waals surface area (Å²) >= 11 is 0.